The van der Waals surface area contributed by atoms with Crippen molar-refractivity contribution in [3.05, 3.63) is 29.3 Å². The Balaban J connectivity index is 2.28. The van der Waals surface area contributed by atoms with Crippen molar-refractivity contribution < 1.29 is 23.2 Å². The van der Waals surface area contributed by atoms with Gasteiger partial charge in [-0.05, 0) is 37.3 Å². The lowest BCUT2D eigenvalue weighted by atomic mass is 10.0. The van der Waals surface area contributed by atoms with E-state index in [0.717, 1.165) is 26.2 Å². The Kier molecular flexibility index (Phi) is 10.5. The minimum absolute atomic E-state index is 0.0373. The average Bonchev–Trinajstić information content (AvgIpc) is 2.72. The Bertz CT molecular complexity index is 792. The number of aliphatic hydroxyl groups is 2. The summed E-state index contributed by atoms with van der Waals surface area (Å²) >= 11 is 0. The van der Waals surface area contributed by atoms with Crippen LogP contribution in [0.15, 0.2) is 23.1 Å². The van der Waals surface area contributed by atoms with Crippen LogP contribution < -0.4 is 0 Å². The number of nitrogens with zero attached hydrogens (tertiary/aromatic N) is 3. The van der Waals surface area contributed by atoms with Crippen LogP contribution in [0.4, 0.5) is 0 Å². The molecule has 0 unspecified atom stereocenters. The molecule has 0 spiro atoms. The molecule has 1 aliphatic rings. The highest BCUT2D eigenvalue weighted by molar-refractivity contribution is 7.86. The van der Waals surface area contributed by atoms with Crippen molar-refractivity contribution in [3.63, 3.8) is 0 Å². The highest BCUT2D eigenvalue weighted by atomic mass is 32.2. The van der Waals surface area contributed by atoms with Gasteiger partial charge in [-0.1, -0.05) is 32.0 Å². The predicted octanol–water partition coefficient (Wildman–Crippen LogP) is 1.31. The molecule has 1 fully saturated rings. The van der Waals surface area contributed by atoms with Crippen molar-refractivity contribution in [1.82, 2.24) is 14.7 Å². The molecule has 3 N–H and O–H groups in total. The summed E-state index contributed by atoms with van der Waals surface area (Å²) in [5.41, 5.74) is 1.25. The molecule has 184 valence electrons. The highest BCUT2D eigenvalue weighted by Crippen LogP contribution is 2.25. The Labute approximate surface area is 193 Å². The fourth-order valence-electron chi connectivity index (χ4n) is 4.39. The zero-order valence-electron chi connectivity index (χ0n) is 19.9. The number of hydrogen-bond acceptors (Lipinski definition) is 7. The summed E-state index contributed by atoms with van der Waals surface area (Å²) in [6.45, 7) is 13.7. The van der Waals surface area contributed by atoms with Crippen LogP contribution in [0, 0.1) is 5.92 Å². The van der Waals surface area contributed by atoms with Crippen molar-refractivity contribution in [2.45, 2.75) is 57.8 Å². The Hall–Kier alpha value is -1.07. The maximum atomic E-state index is 12.3. The Morgan fingerprint density at radius 1 is 0.812 bits per heavy atom. The lowest BCUT2D eigenvalue weighted by Gasteiger charge is -2.27. The largest absolute Gasteiger partial charge is 0.392 e. The molecule has 1 aromatic carbocycles. The van der Waals surface area contributed by atoms with Crippen LogP contribution in [0.25, 0.3) is 0 Å². The zero-order valence-corrected chi connectivity index (χ0v) is 20.8. The number of β-amino-alcohol motifs (C(OH)–C–C–N with tert-alkyl or cyclic N) is 2. The SMILES string of the molecule is CC(C)Cc1cccc(CN2CCN(C[C@H](C)O)CCN(C[C@H](C)O)CC2)c1S(=O)(=O)O. The quantitative estimate of drug-likeness (QED) is 0.463. The summed E-state index contributed by atoms with van der Waals surface area (Å²) in [5.74, 6) is 0.263. The standard InChI is InChI=1S/C23H41N3O5S/c1-18(2)14-21-6-5-7-22(23(21)32(29,30)31)17-26-12-10-24(15-19(3)27)8-9-25(11-13-26)16-20(4)28/h5-7,18-20,27-28H,8-17H2,1-4H3,(H,29,30,31)/t19-,20-/m0/s1. The molecule has 8 nitrogen and oxygen atoms in total. The van der Waals surface area contributed by atoms with Gasteiger partial charge in [0.25, 0.3) is 10.1 Å². The molecule has 0 saturated carbocycles. The van der Waals surface area contributed by atoms with Gasteiger partial charge >= 0.3 is 0 Å². The van der Waals surface area contributed by atoms with Gasteiger partial charge in [0.1, 0.15) is 4.90 Å². The summed E-state index contributed by atoms with van der Waals surface area (Å²) in [7, 11) is -4.35. The molecule has 1 heterocycles. The van der Waals surface area contributed by atoms with Crippen molar-refractivity contribution >= 4 is 10.1 Å². The van der Waals surface area contributed by atoms with Gasteiger partial charge in [-0.25, -0.2) is 0 Å². The fraction of sp³-hybridized carbons (Fsp3) is 0.739. The fourth-order valence-corrected chi connectivity index (χ4v) is 5.34. The van der Waals surface area contributed by atoms with Gasteiger partial charge in [-0.2, -0.15) is 8.42 Å². The van der Waals surface area contributed by atoms with Gasteiger partial charge < -0.3 is 10.2 Å². The van der Waals surface area contributed by atoms with Crippen molar-refractivity contribution in [1.29, 1.82) is 0 Å². The molecule has 0 bridgehead atoms. The van der Waals surface area contributed by atoms with Gasteiger partial charge in [-0.3, -0.25) is 19.3 Å². The monoisotopic (exact) mass is 471 g/mol. The van der Waals surface area contributed by atoms with Gasteiger partial charge in [0.2, 0.25) is 0 Å². The topological polar surface area (TPSA) is 105 Å². The third kappa shape index (κ3) is 9.05. The first-order valence-corrected chi connectivity index (χ1v) is 13.0. The van der Waals surface area contributed by atoms with Crippen molar-refractivity contribution in [2.24, 2.45) is 5.92 Å². The summed E-state index contributed by atoms with van der Waals surface area (Å²) in [5, 5.41) is 19.7. The van der Waals surface area contributed by atoms with Gasteiger partial charge in [0.05, 0.1) is 12.2 Å². The molecule has 1 aliphatic heterocycles. The number of benzene rings is 1. The van der Waals surface area contributed by atoms with Crippen LogP contribution in [-0.4, -0.2) is 102 Å². The van der Waals surface area contributed by atoms with E-state index < -0.39 is 22.3 Å². The van der Waals surface area contributed by atoms with Crippen LogP contribution >= 0.6 is 0 Å². The highest BCUT2D eigenvalue weighted by Gasteiger charge is 2.24. The van der Waals surface area contributed by atoms with E-state index in [1.165, 1.54) is 0 Å². The molecule has 0 radical (unpaired) electrons. The first-order valence-electron chi connectivity index (χ1n) is 11.6. The Morgan fingerprint density at radius 2 is 1.25 bits per heavy atom. The van der Waals surface area contributed by atoms with Crippen LogP contribution in [0.5, 0.6) is 0 Å². The van der Waals surface area contributed by atoms with Gasteiger partial charge in [0.15, 0.2) is 0 Å². The smallest absolute Gasteiger partial charge is 0.295 e. The average molecular weight is 472 g/mol. The van der Waals surface area contributed by atoms with Gasteiger partial charge in [0, 0.05) is 58.9 Å². The molecule has 1 saturated heterocycles. The van der Waals surface area contributed by atoms with E-state index in [-0.39, 0.29) is 10.8 Å². The Morgan fingerprint density at radius 3 is 1.66 bits per heavy atom. The number of hydrogen-bond donors (Lipinski definition) is 3. The second-order valence-electron chi connectivity index (χ2n) is 9.55. The van der Waals surface area contributed by atoms with Crippen LogP contribution in [0.1, 0.15) is 38.8 Å². The second-order valence-corrected chi connectivity index (χ2v) is 10.9. The maximum absolute atomic E-state index is 12.3. The molecule has 2 rings (SSSR count). The molecular formula is C23H41N3O5S. The van der Waals surface area contributed by atoms with Crippen LogP contribution in [0.2, 0.25) is 0 Å². The van der Waals surface area contributed by atoms with E-state index in [4.69, 9.17) is 0 Å². The van der Waals surface area contributed by atoms with Crippen molar-refractivity contribution in [2.75, 3.05) is 52.4 Å². The lowest BCUT2D eigenvalue weighted by molar-refractivity contribution is 0.102. The number of rotatable bonds is 9. The first kappa shape index (κ1) is 27.2. The predicted molar refractivity (Wildman–Crippen MR) is 126 cm³/mol. The molecular weight excluding hydrogens is 430 g/mol. The van der Waals surface area contributed by atoms with Crippen LogP contribution in [0.3, 0.4) is 0 Å². The van der Waals surface area contributed by atoms with Crippen LogP contribution in [-0.2, 0) is 23.1 Å². The number of aliphatic hydroxyl groups excluding tert-OH is 2. The molecule has 9 heteroatoms. The third-order valence-electron chi connectivity index (χ3n) is 5.70. The molecule has 1 aromatic rings. The zero-order chi connectivity index (χ0) is 23.9. The van der Waals surface area contributed by atoms with E-state index in [9.17, 15) is 23.2 Å². The normalized spacial score (nSPS) is 20.0. The second kappa shape index (κ2) is 12.4. The molecule has 0 aliphatic carbocycles. The first-order chi connectivity index (χ1) is 15.0. The molecule has 0 aromatic heterocycles. The van der Waals surface area contributed by atoms with E-state index in [1.807, 2.05) is 19.9 Å². The summed E-state index contributed by atoms with van der Waals surface area (Å²) in [6, 6.07) is 5.41. The molecule has 32 heavy (non-hydrogen) atoms. The summed E-state index contributed by atoms with van der Waals surface area (Å²) < 4.78 is 34.6. The van der Waals surface area contributed by atoms with E-state index in [0.29, 0.717) is 50.3 Å². The van der Waals surface area contributed by atoms with E-state index >= 15 is 0 Å². The minimum Gasteiger partial charge on any atom is -0.392 e. The maximum Gasteiger partial charge on any atom is 0.295 e. The summed E-state index contributed by atoms with van der Waals surface area (Å²) in [6.07, 6.45) is -0.297. The van der Waals surface area contributed by atoms with E-state index in [1.54, 1.807) is 26.0 Å². The van der Waals surface area contributed by atoms with E-state index in [2.05, 4.69) is 14.7 Å². The van der Waals surface area contributed by atoms with Gasteiger partial charge in [-0.15, -0.1) is 0 Å². The lowest BCUT2D eigenvalue weighted by Crippen LogP contribution is -2.41. The minimum atomic E-state index is -4.35. The molecule has 2 atom stereocenters. The summed E-state index contributed by atoms with van der Waals surface area (Å²) in [4.78, 5) is 6.64. The van der Waals surface area contributed by atoms with Crippen molar-refractivity contribution in [3.8, 4) is 0 Å². The molecule has 0 amide bonds. The third-order valence-corrected chi connectivity index (χ3v) is 6.74.